The lowest BCUT2D eigenvalue weighted by molar-refractivity contribution is -0.682. The highest BCUT2D eigenvalue weighted by Gasteiger charge is 2.16. The van der Waals surface area contributed by atoms with Crippen molar-refractivity contribution in [3.63, 3.8) is 0 Å². The van der Waals surface area contributed by atoms with Crippen molar-refractivity contribution in [1.82, 2.24) is 0 Å². The molecule has 0 saturated heterocycles. The number of para-hydroxylation sites is 1. The molecule has 0 bridgehead atoms. The van der Waals surface area contributed by atoms with E-state index >= 15 is 0 Å². The zero-order valence-electron chi connectivity index (χ0n) is 15.5. The molecule has 1 heterocycles. The normalized spacial score (nSPS) is 12.0. The third kappa shape index (κ3) is 4.18. The number of hydrogen-bond donors (Lipinski definition) is 2. The fraction of sp³-hybridized carbons (Fsp3) is 0.238. The Kier molecular flexibility index (Phi) is 5.49. The zero-order chi connectivity index (χ0) is 18.5. The maximum atomic E-state index is 12.5. The Morgan fingerprint density at radius 3 is 2.54 bits per heavy atom. The Hall–Kier alpha value is -2.92. The van der Waals surface area contributed by atoms with Gasteiger partial charge in [0.05, 0.1) is 25.8 Å². The van der Waals surface area contributed by atoms with Crippen LogP contribution in [0.25, 0.3) is 10.9 Å². The molecule has 0 unspecified atom stereocenters. The van der Waals surface area contributed by atoms with Crippen molar-refractivity contribution in [2.75, 3.05) is 30.9 Å². The molecule has 3 aromatic rings. The number of hydrogen-bond acceptors (Lipinski definition) is 2. The fourth-order valence-electron chi connectivity index (χ4n) is 2.94. The SMILES string of the molecule is C[C@H]([NH2+]CC(=O)Nc1cc(N(C)C)[nH+]c2ccccc12)c1ccccc1. The molecule has 0 radical (unpaired) electrons. The van der Waals surface area contributed by atoms with Gasteiger partial charge >= 0.3 is 0 Å². The minimum absolute atomic E-state index is 0.00570. The standard InChI is InChI=1S/C21H24N4O/c1-15(16-9-5-4-6-10-16)22-14-21(26)24-19-13-20(25(2)3)23-18-12-8-7-11-17(18)19/h4-13,15,22H,14H2,1-3H3,(H,23,24,26)/p+2/t15-/m0/s1. The predicted octanol–water partition coefficient (Wildman–Crippen LogP) is 1.98. The van der Waals surface area contributed by atoms with Gasteiger partial charge in [0.2, 0.25) is 0 Å². The number of carbonyl (C=O) groups excluding carboxylic acids is 1. The van der Waals surface area contributed by atoms with Crippen molar-refractivity contribution in [2.24, 2.45) is 0 Å². The van der Waals surface area contributed by atoms with Crippen LogP contribution < -0.4 is 20.5 Å². The Labute approximate surface area is 154 Å². The molecule has 5 nitrogen and oxygen atoms in total. The van der Waals surface area contributed by atoms with Gasteiger partial charge in [0.15, 0.2) is 6.54 Å². The summed E-state index contributed by atoms with van der Waals surface area (Å²) in [5, 5.41) is 6.12. The van der Waals surface area contributed by atoms with Gasteiger partial charge in [-0.1, -0.05) is 42.5 Å². The number of nitrogens with two attached hydrogens (primary N) is 1. The van der Waals surface area contributed by atoms with Crippen LogP contribution in [0, 0.1) is 0 Å². The van der Waals surface area contributed by atoms with E-state index in [2.05, 4.69) is 34.7 Å². The van der Waals surface area contributed by atoms with Crippen molar-refractivity contribution in [1.29, 1.82) is 0 Å². The lowest BCUT2D eigenvalue weighted by Crippen LogP contribution is -2.86. The number of aromatic amines is 1. The molecule has 1 atom stereocenters. The highest BCUT2D eigenvalue weighted by molar-refractivity contribution is 6.00. The highest BCUT2D eigenvalue weighted by Crippen LogP contribution is 2.23. The maximum absolute atomic E-state index is 12.5. The van der Waals surface area contributed by atoms with Crippen molar-refractivity contribution in [3.05, 3.63) is 66.2 Å². The van der Waals surface area contributed by atoms with Gasteiger partial charge < -0.3 is 10.6 Å². The van der Waals surface area contributed by atoms with Gasteiger partial charge in [-0.3, -0.25) is 9.69 Å². The van der Waals surface area contributed by atoms with Gasteiger partial charge in [0.1, 0.15) is 11.6 Å². The topological polar surface area (TPSA) is 63.1 Å². The smallest absolute Gasteiger partial charge is 0.279 e. The first-order valence-corrected chi connectivity index (χ1v) is 8.85. The van der Waals surface area contributed by atoms with Gasteiger partial charge in [-0.05, 0) is 19.1 Å². The summed E-state index contributed by atoms with van der Waals surface area (Å²) in [6.07, 6.45) is 0. The molecule has 0 aliphatic heterocycles. The van der Waals surface area contributed by atoms with E-state index in [1.54, 1.807) is 0 Å². The third-order valence-electron chi connectivity index (χ3n) is 4.50. The molecule has 1 amide bonds. The Morgan fingerprint density at radius 1 is 1.12 bits per heavy atom. The second-order valence-electron chi connectivity index (χ2n) is 6.70. The molecule has 1 aromatic heterocycles. The molecule has 5 heteroatoms. The van der Waals surface area contributed by atoms with Crippen LogP contribution in [0.1, 0.15) is 18.5 Å². The zero-order valence-corrected chi connectivity index (χ0v) is 15.5. The quantitative estimate of drug-likeness (QED) is 0.714. The summed E-state index contributed by atoms with van der Waals surface area (Å²) in [4.78, 5) is 17.9. The number of nitrogens with one attached hydrogen (secondary N) is 2. The second-order valence-corrected chi connectivity index (χ2v) is 6.70. The van der Waals surface area contributed by atoms with Crippen molar-refractivity contribution in [2.45, 2.75) is 13.0 Å². The monoisotopic (exact) mass is 350 g/mol. The van der Waals surface area contributed by atoms with E-state index in [9.17, 15) is 4.79 Å². The molecule has 0 fully saturated rings. The first-order chi connectivity index (χ1) is 12.5. The van der Waals surface area contributed by atoms with Crippen LogP contribution in [0.15, 0.2) is 60.7 Å². The number of fused-ring (bicyclic) bond motifs is 1. The molecule has 26 heavy (non-hydrogen) atoms. The van der Waals surface area contributed by atoms with E-state index in [1.807, 2.05) is 67.5 Å². The van der Waals surface area contributed by atoms with E-state index in [0.29, 0.717) is 6.54 Å². The summed E-state index contributed by atoms with van der Waals surface area (Å²) >= 11 is 0. The van der Waals surface area contributed by atoms with Gasteiger partial charge in [-0.2, -0.15) is 0 Å². The minimum Gasteiger partial charge on any atom is -0.333 e. The van der Waals surface area contributed by atoms with E-state index < -0.39 is 0 Å². The van der Waals surface area contributed by atoms with E-state index in [0.717, 1.165) is 22.4 Å². The molecule has 4 N–H and O–H groups in total. The number of benzene rings is 2. The van der Waals surface area contributed by atoms with Gasteiger partial charge in [0.25, 0.3) is 11.7 Å². The second kappa shape index (κ2) is 7.97. The lowest BCUT2D eigenvalue weighted by Gasteiger charge is -2.13. The van der Waals surface area contributed by atoms with Crippen LogP contribution in [0.2, 0.25) is 0 Å². The summed E-state index contributed by atoms with van der Waals surface area (Å²) in [7, 11) is 3.95. The van der Waals surface area contributed by atoms with Crippen LogP contribution in [-0.2, 0) is 4.79 Å². The number of nitrogens with zero attached hydrogens (tertiary/aromatic N) is 1. The highest BCUT2D eigenvalue weighted by atomic mass is 16.1. The van der Waals surface area contributed by atoms with Gasteiger partial charge in [0, 0.05) is 10.9 Å². The molecular formula is C21H26N4O+2. The summed E-state index contributed by atoms with van der Waals surface area (Å²) in [6, 6.07) is 20.4. The van der Waals surface area contributed by atoms with E-state index in [1.165, 1.54) is 5.56 Å². The van der Waals surface area contributed by atoms with E-state index in [-0.39, 0.29) is 11.9 Å². The summed E-state index contributed by atoms with van der Waals surface area (Å²) in [5.41, 5.74) is 3.04. The van der Waals surface area contributed by atoms with E-state index in [4.69, 9.17) is 0 Å². The molecule has 0 spiro atoms. The number of H-pyrrole nitrogens is 1. The maximum Gasteiger partial charge on any atom is 0.279 e. The number of anilines is 2. The van der Waals surface area contributed by atoms with Crippen molar-refractivity contribution in [3.8, 4) is 0 Å². The predicted molar refractivity (Wildman–Crippen MR) is 105 cm³/mol. The molecule has 0 aliphatic rings. The van der Waals surface area contributed by atoms with Crippen LogP contribution in [-0.4, -0.2) is 26.5 Å². The summed E-state index contributed by atoms with van der Waals surface area (Å²) in [5.74, 6) is 0.939. The fourth-order valence-corrected chi connectivity index (χ4v) is 2.94. The number of carbonyl (C=O) groups is 1. The number of aromatic nitrogens is 1. The first kappa shape index (κ1) is 17.9. The summed E-state index contributed by atoms with van der Waals surface area (Å²) < 4.78 is 0. The minimum atomic E-state index is -0.00570. The Balaban J connectivity index is 1.73. The van der Waals surface area contributed by atoms with Crippen LogP contribution in [0.5, 0.6) is 0 Å². The number of quaternary nitrogens is 1. The Bertz CT molecular complexity index is 893. The molecule has 2 aromatic carbocycles. The first-order valence-electron chi connectivity index (χ1n) is 8.85. The number of rotatable bonds is 6. The van der Waals surface area contributed by atoms with Crippen molar-refractivity contribution >= 4 is 28.3 Å². The lowest BCUT2D eigenvalue weighted by atomic mass is 10.1. The van der Waals surface area contributed by atoms with Gasteiger partial charge in [-0.25, -0.2) is 4.98 Å². The average molecular weight is 350 g/mol. The molecule has 134 valence electrons. The average Bonchev–Trinajstić information content (AvgIpc) is 2.66. The van der Waals surface area contributed by atoms with Crippen LogP contribution in [0.3, 0.4) is 0 Å². The van der Waals surface area contributed by atoms with Crippen molar-refractivity contribution < 1.29 is 15.1 Å². The Morgan fingerprint density at radius 2 is 1.81 bits per heavy atom. The molecule has 3 rings (SSSR count). The molecule has 0 aliphatic carbocycles. The van der Waals surface area contributed by atoms with Gasteiger partial charge in [-0.15, -0.1) is 0 Å². The number of pyridine rings is 1. The number of amides is 1. The molecular weight excluding hydrogens is 324 g/mol. The summed E-state index contributed by atoms with van der Waals surface area (Å²) in [6.45, 7) is 2.49. The van der Waals surface area contributed by atoms with Crippen LogP contribution in [0.4, 0.5) is 11.5 Å². The largest absolute Gasteiger partial charge is 0.333 e. The molecule has 0 saturated carbocycles. The van der Waals surface area contributed by atoms with Crippen LogP contribution >= 0.6 is 0 Å². The third-order valence-corrected chi connectivity index (χ3v) is 4.50.